The highest BCUT2D eigenvalue weighted by atomic mass is 16.6. The van der Waals surface area contributed by atoms with Crippen LogP contribution in [0.2, 0.25) is 0 Å². The summed E-state index contributed by atoms with van der Waals surface area (Å²) >= 11 is 0. The third-order valence-corrected chi connectivity index (χ3v) is 1.87. The standard InChI is InChI=1S/C7H8N2O5/c1-12-4-3-14-6-5(4)8(10)7(13-2)9(6)11/h3,11H,1-2H3. The number of imidazole rings is 1. The van der Waals surface area contributed by atoms with E-state index >= 15 is 0 Å². The van der Waals surface area contributed by atoms with Gasteiger partial charge in [-0.1, -0.05) is 0 Å². The second-order valence-corrected chi connectivity index (χ2v) is 2.55. The highest BCUT2D eigenvalue weighted by Crippen LogP contribution is 2.27. The molecule has 76 valence electrons. The molecule has 0 bridgehead atoms. The van der Waals surface area contributed by atoms with Crippen LogP contribution < -0.4 is 14.2 Å². The molecule has 7 heteroatoms. The number of ether oxygens (including phenoxy) is 2. The summed E-state index contributed by atoms with van der Waals surface area (Å²) in [6.07, 6.45) is 1.23. The van der Waals surface area contributed by atoms with Gasteiger partial charge < -0.3 is 24.3 Å². The molecule has 1 N–H and O–H groups in total. The summed E-state index contributed by atoms with van der Waals surface area (Å²) in [4.78, 5) is 0. The van der Waals surface area contributed by atoms with E-state index in [1.54, 1.807) is 0 Å². The van der Waals surface area contributed by atoms with Gasteiger partial charge in [-0.2, -0.15) is 4.73 Å². The van der Waals surface area contributed by atoms with E-state index in [-0.39, 0.29) is 23.0 Å². The van der Waals surface area contributed by atoms with Crippen molar-refractivity contribution < 1.29 is 23.8 Å². The van der Waals surface area contributed by atoms with E-state index in [0.717, 1.165) is 0 Å². The summed E-state index contributed by atoms with van der Waals surface area (Å²) < 4.78 is 15.4. The molecule has 0 unspecified atom stereocenters. The van der Waals surface area contributed by atoms with Gasteiger partial charge in [0, 0.05) is 4.73 Å². The summed E-state index contributed by atoms with van der Waals surface area (Å²) in [6, 6.07) is -0.280. The molecular formula is C7H8N2O5. The molecule has 0 aliphatic rings. The van der Waals surface area contributed by atoms with Crippen molar-refractivity contribution in [1.29, 1.82) is 0 Å². The molecular weight excluding hydrogens is 192 g/mol. The second kappa shape index (κ2) is 2.72. The molecule has 2 aromatic heterocycles. The van der Waals surface area contributed by atoms with Crippen LogP contribution in [-0.4, -0.2) is 24.2 Å². The summed E-state index contributed by atoms with van der Waals surface area (Å²) in [7, 11) is 2.66. The topological polar surface area (TPSA) is 83.7 Å². The van der Waals surface area contributed by atoms with Crippen molar-refractivity contribution in [2.45, 2.75) is 0 Å². The average Bonchev–Trinajstić information content (AvgIpc) is 2.69. The lowest BCUT2D eigenvalue weighted by Gasteiger charge is -2.00. The van der Waals surface area contributed by atoms with E-state index in [4.69, 9.17) is 9.15 Å². The van der Waals surface area contributed by atoms with E-state index in [1.165, 1.54) is 20.5 Å². The van der Waals surface area contributed by atoms with Gasteiger partial charge in [-0.15, -0.1) is 0 Å². The quantitative estimate of drug-likeness (QED) is 0.423. The Labute approximate surface area is 78.2 Å². The Balaban J connectivity index is 2.82. The molecule has 0 aromatic carbocycles. The van der Waals surface area contributed by atoms with E-state index < -0.39 is 0 Å². The van der Waals surface area contributed by atoms with Crippen molar-refractivity contribution in [3.63, 3.8) is 0 Å². The fraction of sp³-hybridized carbons (Fsp3) is 0.286. The first kappa shape index (κ1) is 8.54. The van der Waals surface area contributed by atoms with Gasteiger partial charge in [-0.3, -0.25) is 0 Å². The first-order valence-corrected chi connectivity index (χ1v) is 3.73. The molecule has 14 heavy (non-hydrogen) atoms. The molecule has 0 atom stereocenters. The third-order valence-electron chi connectivity index (χ3n) is 1.87. The summed E-state index contributed by atoms with van der Waals surface area (Å²) in [5.41, 5.74) is 0.0700. The molecule has 0 saturated heterocycles. The number of rotatable bonds is 2. The Morgan fingerprint density at radius 3 is 2.79 bits per heavy atom. The normalized spacial score (nSPS) is 10.7. The van der Waals surface area contributed by atoms with Crippen LogP contribution in [0, 0.1) is 5.21 Å². The molecule has 0 spiro atoms. The lowest BCUT2D eigenvalue weighted by molar-refractivity contribution is -0.588. The molecule has 0 fully saturated rings. The Kier molecular flexibility index (Phi) is 1.66. The fourth-order valence-electron chi connectivity index (χ4n) is 1.25. The summed E-state index contributed by atoms with van der Waals surface area (Å²) in [5, 5.41) is 20.9. The van der Waals surface area contributed by atoms with Gasteiger partial charge in [-0.05, 0) is 0 Å². The van der Waals surface area contributed by atoms with E-state index in [1.807, 2.05) is 0 Å². The molecule has 0 aliphatic heterocycles. The molecule has 0 aliphatic carbocycles. The number of methoxy groups -OCH3 is 2. The van der Waals surface area contributed by atoms with Crippen molar-refractivity contribution in [2.75, 3.05) is 14.2 Å². The number of hydrogen-bond acceptors (Lipinski definition) is 5. The predicted octanol–water partition coefficient (Wildman–Crippen LogP) is 0.122. The highest BCUT2D eigenvalue weighted by molar-refractivity contribution is 5.74. The summed E-state index contributed by atoms with van der Waals surface area (Å²) in [5.74, 6) is 0.237. The van der Waals surface area contributed by atoms with Crippen LogP contribution in [-0.2, 0) is 0 Å². The maximum atomic E-state index is 11.5. The first-order chi connectivity index (χ1) is 6.70. The molecule has 7 nitrogen and oxygen atoms in total. The van der Waals surface area contributed by atoms with Crippen molar-refractivity contribution in [1.82, 2.24) is 4.73 Å². The maximum absolute atomic E-state index is 11.5. The van der Waals surface area contributed by atoms with E-state index in [2.05, 4.69) is 4.74 Å². The average molecular weight is 200 g/mol. The molecule has 2 heterocycles. The molecule has 0 amide bonds. The van der Waals surface area contributed by atoms with Crippen molar-refractivity contribution in [3.05, 3.63) is 11.5 Å². The number of hydrogen-bond donors (Lipinski definition) is 1. The lowest BCUT2D eigenvalue weighted by Crippen LogP contribution is -2.27. The maximum Gasteiger partial charge on any atom is 0.503 e. The summed E-state index contributed by atoms with van der Waals surface area (Å²) in [6.45, 7) is 0. The molecule has 2 rings (SSSR count). The number of aromatic nitrogens is 2. The van der Waals surface area contributed by atoms with Crippen LogP contribution >= 0.6 is 0 Å². The van der Waals surface area contributed by atoms with Crippen molar-refractivity contribution in [3.8, 4) is 11.8 Å². The van der Waals surface area contributed by atoms with Gasteiger partial charge in [0.2, 0.25) is 5.75 Å². The number of furan rings is 1. The van der Waals surface area contributed by atoms with Crippen LogP contribution in [0.3, 0.4) is 0 Å². The van der Waals surface area contributed by atoms with Crippen LogP contribution in [0.15, 0.2) is 10.7 Å². The van der Waals surface area contributed by atoms with Gasteiger partial charge in [-0.25, -0.2) is 0 Å². The van der Waals surface area contributed by atoms with Crippen molar-refractivity contribution in [2.24, 2.45) is 0 Å². The van der Waals surface area contributed by atoms with Gasteiger partial charge in [0.05, 0.1) is 14.2 Å². The Morgan fingerprint density at radius 2 is 2.21 bits per heavy atom. The monoisotopic (exact) mass is 200 g/mol. The van der Waals surface area contributed by atoms with Gasteiger partial charge in [0.1, 0.15) is 6.26 Å². The van der Waals surface area contributed by atoms with Gasteiger partial charge in [0.15, 0.2) is 0 Å². The third kappa shape index (κ3) is 0.832. The van der Waals surface area contributed by atoms with Crippen LogP contribution in [0.4, 0.5) is 0 Å². The SMILES string of the molecule is COc1coc2c1[n+]([O-])c(OC)n2O. The Bertz CT molecular complexity index is 472. The lowest BCUT2D eigenvalue weighted by atomic mass is 10.5. The van der Waals surface area contributed by atoms with E-state index in [9.17, 15) is 10.4 Å². The zero-order valence-electron chi connectivity index (χ0n) is 7.55. The zero-order chi connectivity index (χ0) is 10.3. The first-order valence-electron chi connectivity index (χ1n) is 3.73. The second-order valence-electron chi connectivity index (χ2n) is 2.55. The Morgan fingerprint density at radius 1 is 1.50 bits per heavy atom. The predicted molar refractivity (Wildman–Crippen MR) is 43.5 cm³/mol. The van der Waals surface area contributed by atoms with Crippen LogP contribution in [0.5, 0.6) is 11.8 Å². The van der Waals surface area contributed by atoms with Crippen LogP contribution in [0.25, 0.3) is 11.2 Å². The minimum atomic E-state index is -0.280. The molecule has 0 saturated carbocycles. The smallest absolute Gasteiger partial charge is 0.503 e. The fourth-order valence-corrected chi connectivity index (χ4v) is 1.25. The van der Waals surface area contributed by atoms with Crippen molar-refractivity contribution >= 4 is 11.2 Å². The van der Waals surface area contributed by atoms with E-state index in [0.29, 0.717) is 9.46 Å². The molecule has 0 radical (unpaired) electrons. The minimum Gasteiger partial charge on any atom is -0.707 e. The largest absolute Gasteiger partial charge is 0.707 e. The number of nitrogens with zero attached hydrogens (tertiary/aromatic N) is 2. The molecule has 2 aromatic rings. The van der Waals surface area contributed by atoms with Gasteiger partial charge >= 0.3 is 11.7 Å². The number of fused-ring (bicyclic) bond motifs is 1. The zero-order valence-corrected chi connectivity index (χ0v) is 7.55. The minimum absolute atomic E-state index is 0.0197. The van der Waals surface area contributed by atoms with Gasteiger partial charge in [0.25, 0.3) is 5.52 Å². The van der Waals surface area contributed by atoms with Crippen LogP contribution in [0.1, 0.15) is 0 Å². The highest BCUT2D eigenvalue weighted by Gasteiger charge is 2.29. The Hall–Kier alpha value is -2.05.